The van der Waals surface area contributed by atoms with Crippen molar-refractivity contribution in [3.8, 4) is 10.8 Å². The first kappa shape index (κ1) is 21.1. The van der Waals surface area contributed by atoms with Crippen LogP contribution in [0.15, 0.2) is 48.5 Å². The Morgan fingerprint density at radius 3 is 2.50 bits per heavy atom. The second-order valence-electron chi connectivity index (χ2n) is 7.79. The van der Waals surface area contributed by atoms with E-state index in [1.807, 2.05) is 49.4 Å². The molecular weight excluding hydrogens is 446 g/mol. The normalized spacial score (nSPS) is 15.9. The van der Waals surface area contributed by atoms with Gasteiger partial charge >= 0.3 is 0 Å². The Labute approximate surface area is 195 Å². The van der Waals surface area contributed by atoms with E-state index >= 15 is 0 Å². The summed E-state index contributed by atoms with van der Waals surface area (Å²) in [6.07, 6.45) is 0. The third-order valence-corrected chi connectivity index (χ3v) is 6.97. The van der Waals surface area contributed by atoms with E-state index in [1.165, 1.54) is 11.3 Å². The number of hydrogen-bond acceptors (Lipinski definition) is 7. The van der Waals surface area contributed by atoms with Crippen LogP contribution in [0.25, 0.3) is 4.96 Å². The quantitative estimate of drug-likeness (QED) is 0.468. The van der Waals surface area contributed by atoms with Gasteiger partial charge in [0, 0.05) is 31.2 Å². The van der Waals surface area contributed by atoms with Crippen molar-refractivity contribution < 1.29 is 9.84 Å². The van der Waals surface area contributed by atoms with Gasteiger partial charge in [-0.3, -0.25) is 4.90 Å². The molecule has 0 saturated carbocycles. The van der Waals surface area contributed by atoms with Gasteiger partial charge in [0.25, 0.3) is 0 Å². The highest BCUT2D eigenvalue weighted by Crippen LogP contribution is 2.40. The van der Waals surface area contributed by atoms with Crippen LogP contribution >= 0.6 is 22.9 Å². The lowest BCUT2D eigenvalue weighted by Gasteiger charge is -2.40. The number of anilines is 1. The second kappa shape index (κ2) is 8.61. The Morgan fingerprint density at radius 1 is 1.06 bits per heavy atom. The van der Waals surface area contributed by atoms with E-state index in [1.54, 1.807) is 11.6 Å². The van der Waals surface area contributed by atoms with Crippen molar-refractivity contribution in [1.82, 2.24) is 19.5 Å². The molecule has 0 aliphatic carbocycles. The Bertz CT molecular complexity index is 1230. The van der Waals surface area contributed by atoms with Crippen molar-refractivity contribution in [1.29, 1.82) is 0 Å². The lowest BCUT2D eigenvalue weighted by Crippen LogP contribution is -2.48. The summed E-state index contributed by atoms with van der Waals surface area (Å²) in [5, 5.41) is 16.3. The van der Waals surface area contributed by atoms with Crippen molar-refractivity contribution in [3.05, 3.63) is 70.6 Å². The number of aromatic hydroxyl groups is 1. The molecule has 0 radical (unpaired) electrons. The molecule has 1 atom stereocenters. The predicted molar refractivity (Wildman–Crippen MR) is 127 cm³/mol. The first-order chi connectivity index (χ1) is 15.5. The Kier molecular flexibility index (Phi) is 5.67. The third-order valence-electron chi connectivity index (χ3n) is 5.87. The Hall–Kier alpha value is -2.81. The maximum atomic E-state index is 10.9. The Morgan fingerprint density at radius 2 is 1.78 bits per heavy atom. The van der Waals surface area contributed by atoms with Crippen LogP contribution in [-0.2, 0) is 0 Å². The number of thiazole rings is 1. The number of aromatic nitrogens is 3. The molecule has 166 valence electrons. The predicted octanol–water partition coefficient (Wildman–Crippen LogP) is 4.38. The van der Waals surface area contributed by atoms with E-state index in [0.29, 0.717) is 15.8 Å². The van der Waals surface area contributed by atoms with Gasteiger partial charge in [0.1, 0.15) is 17.3 Å². The maximum absolute atomic E-state index is 10.9. The van der Waals surface area contributed by atoms with Crippen molar-refractivity contribution in [2.75, 3.05) is 38.2 Å². The summed E-state index contributed by atoms with van der Waals surface area (Å²) in [5.41, 5.74) is 2.91. The fourth-order valence-corrected chi connectivity index (χ4v) is 5.38. The van der Waals surface area contributed by atoms with Crippen LogP contribution in [-0.4, -0.2) is 57.9 Å². The molecule has 0 bridgehead atoms. The number of rotatable bonds is 5. The monoisotopic (exact) mass is 469 g/mol. The number of benzene rings is 2. The molecule has 1 unspecified atom stereocenters. The molecule has 0 spiro atoms. The number of hydrogen-bond donors (Lipinski definition) is 1. The molecule has 7 nitrogen and oxygen atoms in total. The average Bonchev–Trinajstić information content (AvgIpc) is 3.30. The topological polar surface area (TPSA) is 66.1 Å². The number of para-hydroxylation sites is 2. The molecule has 1 fully saturated rings. The molecule has 9 heteroatoms. The second-order valence-corrected chi connectivity index (χ2v) is 9.19. The molecular formula is C23H24ClN5O2S. The number of nitrogens with zero attached hydrogens (tertiary/aromatic N) is 5. The molecule has 1 N–H and O–H groups in total. The average molecular weight is 470 g/mol. The SMILES string of the molecule is COc1ccccc1N1CCN(C(c2ccc(Cl)cc2)c2c(O)sc3nc(C)nn23)CC1. The number of fused-ring (bicyclic) bond motifs is 1. The van der Waals surface area contributed by atoms with Crippen LogP contribution in [0.5, 0.6) is 10.8 Å². The molecule has 1 saturated heterocycles. The van der Waals surface area contributed by atoms with Gasteiger partial charge in [0.05, 0.1) is 18.8 Å². The van der Waals surface area contributed by atoms with Crippen molar-refractivity contribution in [2.45, 2.75) is 13.0 Å². The van der Waals surface area contributed by atoms with E-state index in [9.17, 15) is 5.11 Å². The van der Waals surface area contributed by atoms with E-state index in [4.69, 9.17) is 16.3 Å². The lowest BCUT2D eigenvalue weighted by molar-refractivity contribution is 0.204. The zero-order valence-electron chi connectivity index (χ0n) is 17.9. The molecule has 1 aliphatic rings. The van der Waals surface area contributed by atoms with Crippen LogP contribution in [0.3, 0.4) is 0 Å². The first-order valence-corrected chi connectivity index (χ1v) is 11.7. The number of halogens is 1. The van der Waals surface area contributed by atoms with Gasteiger partial charge in [-0.25, -0.2) is 9.50 Å². The van der Waals surface area contributed by atoms with E-state index in [-0.39, 0.29) is 11.1 Å². The molecule has 1 aliphatic heterocycles. The fraction of sp³-hybridized carbons (Fsp3) is 0.304. The highest BCUT2D eigenvalue weighted by atomic mass is 35.5. The minimum Gasteiger partial charge on any atom is -0.498 e. The van der Waals surface area contributed by atoms with Crippen molar-refractivity contribution >= 4 is 33.6 Å². The smallest absolute Gasteiger partial charge is 0.215 e. The van der Waals surface area contributed by atoms with E-state index in [0.717, 1.165) is 48.9 Å². The van der Waals surface area contributed by atoms with Gasteiger partial charge in [-0.2, -0.15) is 5.10 Å². The third kappa shape index (κ3) is 3.79. The summed E-state index contributed by atoms with van der Waals surface area (Å²) < 4.78 is 7.34. The van der Waals surface area contributed by atoms with Gasteiger partial charge < -0.3 is 14.7 Å². The largest absolute Gasteiger partial charge is 0.498 e. The van der Waals surface area contributed by atoms with Gasteiger partial charge in [-0.1, -0.05) is 47.2 Å². The standard InChI is InChI=1S/C23H24ClN5O2S/c1-15-25-23-29(26-15)21(22(30)32-23)20(16-7-9-17(24)10-8-16)28-13-11-27(12-14-28)18-5-3-4-6-19(18)31-2/h3-10,20,30H,11-14H2,1-2H3. The first-order valence-electron chi connectivity index (χ1n) is 10.5. The van der Waals surface area contributed by atoms with Crippen LogP contribution in [0.2, 0.25) is 5.02 Å². The van der Waals surface area contributed by atoms with Gasteiger partial charge in [-0.05, 0) is 36.8 Å². The van der Waals surface area contributed by atoms with Crippen LogP contribution in [0.4, 0.5) is 5.69 Å². The zero-order valence-corrected chi connectivity index (χ0v) is 19.5. The molecule has 3 heterocycles. The van der Waals surface area contributed by atoms with Crippen molar-refractivity contribution in [3.63, 3.8) is 0 Å². The molecule has 32 heavy (non-hydrogen) atoms. The number of ether oxygens (including phenoxy) is 1. The summed E-state index contributed by atoms with van der Waals surface area (Å²) in [4.78, 5) is 9.87. The molecule has 2 aromatic heterocycles. The summed E-state index contributed by atoms with van der Waals surface area (Å²) in [5.74, 6) is 1.57. The lowest BCUT2D eigenvalue weighted by atomic mass is 10.0. The summed E-state index contributed by atoms with van der Waals surface area (Å²) in [6.45, 7) is 5.18. The minimum absolute atomic E-state index is 0.165. The van der Waals surface area contributed by atoms with Gasteiger partial charge in [-0.15, -0.1) is 0 Å². The molecule has 2 aromatic carbocycles. The minimum atomic E-state index is -0.165. The fourth-order valence-electron chi connectivity index (χ4n) is 4.38. The molecule has 4 aromatic rings. The highest BCUT2D eigenvalue weighted by molar-refractivity contribution is 7.18. The number of methoxy groups -OCH3 is 1. The van der Waals surface area contributed by atoms with E-state index < -0.39 is 0 Å². The Balaban J connectivity index is 1.49. The zero-order chi connectivity index (χ0) is 22.2. The maximum Gasteiger partial charge on any atom is 0.215 e. The highest BCUT2D eigenvalue weighted by Gasteiger charge is 2.32. The van der Waals surface area contributed by atoms with Gasteiger partial charge in [0.2, 0.25) is 4.96 Å². The number of piperazine rings is 1. The summed E-state index contributed by atoms with van der Waals surface area (Å²) >= 11 is 7.42. The molecule has 5 rings (SSSR count). The molecule has 0 amide bonds. The summed E-state index contributed by atoms with van der Waals surface area (Å²) in [7, 11) is 1.70. The number of aryl methyl sites for hydroxylation is 1. The van der Waals surface area contributed by atoms with Crippen LogP contribution < -0.4 is 9.64 Å². The van der Waals surface area contributed by atoms with Crippen molar-refractivity contribution in [2.24, 2.45) is 0 Å². The van der Waals surface area contributed by atoms with E-state index in [2.05, 4.69) is 25.9 Å². The van der Waals surface area contributed by atoms with Gasteiger partial charge in [0.15, 0.2) is 5.06 Å². The van der Waals surface area contributed by atoms with Crippen LogP contribution in [0, 0.1) is 6.92 Å². The summed E-state index contributed by atoms with van der Waals surface area (Å²) in [6, 6.07) is 15.8. The van der Waals surface area contributed by atoms with Crippen LogP contribution in [0.1, 0.15) is 23.1 Å².